The van der Waals surface area contributed by atoms with Crippen LogP contribution in [0.2, 0.25) is 0 Å². The molecule has 0 saturated carbocycles. The Morgan fingerprint density at radius 3 is 2.47 bits per heavy atom. The molecular formula is C12H23ClN4. The first-order chi connectivity index (χ1) is 7.63. The summed E-state index contributed by atoms with van der Waals surface area (Å²) in [6.07, 6.45) is 4.03. The lowest BCUT2D eigenvalue weighted by atomic mass is 10.1. The molecule has 0 radical (unpaired) electrons. The van der Waals surface area contributed by atoms with Crippen molar-refractivity contribution in [3.63, 3.8) is 0 Å². The lowest BCUT2D eigenvalue weighted by Crippen LogP contribution is -2.54. The van der Waals surface area contributed by atoms with Crippen LogP contribution in [0.25, 0.3) is 0 Å². The summed E-state index contributed by atoms with van der Waals surface area (Å²) in [7, 11) is 0. The predicted molar refractivity (Wildman–Crippen MR) is 72.7 cm³/mol. The normalized spacial score (nSPS) is 25.6. The van der Waals surface area contributed by atoms with E-state index in [0.717, 1.165) is 26.2 Å². The van der Waals surface area contributed by atoms with Crippen molar-refractivity contribution in [2.75, 3.05) is 19.6 Å². The molecule has 2 heterocycles. The zero-order valence-corrected chi connectivity index (χ0v) is 11.7. The third-order valence-electron chi connectivity index (χ3n) is 3.04. The monoisotopic (exact) mass is 258 g/mol. The molecule has 0 aromatic carbocycles. The second kappa shape index (κ2) is 6.38. The third kappa shape index (κ3) is 4.30. The Kier molecular flexibility index (Phi) is 5.43. The molecule has 5 heteroatoms. The molecule has 0 amide bonds. The Bertz CT molecular complexity index is 329. The van der Waals surface area contributed by atoms with Gasteiger partial charge in [-0.25, -0.2) is 0 Å². The number of hydrogen-bond acceptors (Lipinski definition) is 3. The van der Waals surface area contributed by atoms with Crippen LogP contribution in [0.5, 0.6) is 0 Å². The highest BCUT2D eigenvalue weighted by Gasteiger charge is 2.20. The zero-order valence-electron chi connectivity index (χ0n) is 10.9. The molecule has 98 valence electrons. The van der Waals surface area contributed by atoms with Crippen molar-refractivity contribution in [2.24, 2.45) is 0 Å². The first-order valence-corrected chi connectivity index (χ1v) is 6.11. The number of nitrogens with zero attached hydrogens (tertiary/aromatic N) is 3. The average molecular weight is 259 g/mol. The summed E-state index contributed by atoms with van der Waals surface area (Å²) in [5.74, 6) is 0. The van der Waals surface area contributed by atoms with E-state index in [1.807, 2.05) is 10.9 Å². The van der Waals surface area contributed by atoms with Gasteiger partial charge in [0.1, 0.15) is 0 Å². The number of piperazine rings is 1. The van der Waals surface area contributed by atoms with Gasteiger partial charge in [-0.15, -0.1) is 12.4 Å². The van der Waals surface area contributed by atoms with Crippen molar-refractivity contribution < 1.29 is 0 Å². The molecule has 1 aliphatic heterocycles. The van der Waals surface area contributed by atoms with Crippen LogP contribution >= 0.6 is 12.4 Å². The lowest BCUT2D eigenvalue weighted by molar-refractivity contribution is 0.166. The Balaban J connectivity index is 0.00000144. The standard InChI is InChI=1S/C12H22N4.ClH/c1-10-6-13-16(7-10)5-4-15-8-11(2)14-12(3)9-15;/h6-7,11-12,14H,4-5,8-9H2,1-3H3;1H. The molecule has 1 aromatic rings. The zero-order chi connectivity index (χ0) is 11.5. The van der Waals surface area contributed by atoms with Gasteiger partial charge in [0, 0.05) is 37.9 Å². The van der Waals surface area contributed by atoms with E-state index in [1.165, 1.54) is 5.56 Å². The molecule has 1 fully saturated rings. The van der Waals surface area contributed by atoms with E-state index >= 15 is 0 Å². The molecule has 0 bridgehead atoms. The van der Waals surface area contributed by atoms with Gasteiger partial charge in [0.2, 0.25) is 0 Å². The third-order valence-corrected chi connectivity index (χ3v) is 3.04. The van der Waals surface area contributed by atoms with Gasteiger partial charge in [-0.3, -0.25) is 9.58 Å². The summed E-state index contributed by atoms with van der Waals surface area (Å²) in [4.78, 5) is 2.52. The molecule has 1 N–H and O–H groups in total. The van der Waals surface area contributed by atoms with Crippen LogP contribution in [0.15, 0.2) is 12.4 Å². The Labute approximate surface area is 110 Å². The van der Waals surface area contributed by atoms with Gasteiger partial charge in [0.05, 0.1) is 12.7 Å². The number of aryl methyl sites for hydroxylation is 1. The van der Waals surface area contributed by atoms with Crippen molar-refractivity contribution in [3.8, 4) is 0 Å². The maximum atomic E-state index is 4.31. The van der Waals surface area contributed by atoms with Crippen molar-refractivity contribution in [3.05, 3.63) is 18.0 Å². The van der Waals surface area contributed by atoms with E-state index < -0.39 is 0 Å². The highest BCUT2D eigenvalue weighted by Crippen LogP contribution is 2.04. The average Bonchev–Trinajstić information content (AvgIpc) is 2.60. The topological polar surface area (TPSA) is 33.1 Å². The van der Waals surface area contributed by atoms with Gasteiger partial charge in [-0.2, -0.15) is 5.10 Å². The summed E-state index contributed by atoms with van der Waals surface area (Å²) < 4.78 is 2.03. The molecule has 0 aliphatic carbocycles. The van der Waals surface area contributed by atoms with Gasteiger partial charge >= 0.3 is 0 Å². The van der Waals surface area contributed by atoms with Crippen molar-refractivity contribution in [1.82, 2.24) is 20.0 Å². The fourth-order valence-electron chi connectivity index (χ4n) is 2.46. The van der Waals surface area contributed by atoms with Crippen molar-refractivity contribution in [2.45, 2.75) is 39.4 Å². The molecule has 2 unspecified atom stereocenters. The molecule has 1 saturated heterocycles. The Morgan fingerprint density at radius 2 is 1.94 bits per heavy atom. The first-order valence-electron chi connectivity index (χ1n) is 6.11. The highest BCUT2D eigenvalue weighted by atomic mass is 35.5. The number of halogens is 1. The summed E-state index contributed by atoms with van der Waals surface area (Å²) in [5.41, 5.74) is 1.24. The Hall–Kier alpha value is -0.580. The van der Waals surface area contributed by atoms with Crippen LogP contribution in [0, 0.1) is 6.92 Å². The minimum atomic E-state index is 0. The number of aromatic nitrogens is 2. The fraction of sp³-hybridized carbons (Fsp3) is 0.750. The van der Waals surface area contributed by atoms with E-state index in [2.05, 4.69) is 42.3 Å². The maximum absolute atomic E-state index is 4.31. The van der Waals surface area contributed by atoms with Crippen molar-refractivity contribution >= 4 is 12.4 Å². The van der Waals surface area contributed by atoms with E-state index in [-0.39, 0.29) is 12.4 Å². The van der Waals surface area contributed by atoms with Gasteiger partial charge in [0.25, 0.3) is 0 Å². The number of nitrogens with one attached hydrogen (secondary N) is 1. The van der Waals surface area contributed by atoms with Gasteiger partial charge in [-0.05, 0) is 26.3 Å². The van der Waals surface area contributed by atoms with Gasteiger partial charge in [0.15, 0.2) is 0 Å². The summed E-state index contributed by atoms with van der Waals surface area (Å²) in [6, 6.07) is 1.20. The molecule has 1 aromatic heterocycles. The molecule has 17 heavy (non-hydrogen) atoms. The van der Waals surface area contributed by atoms with E-state index in [9.17, 15) is 0 Å². The van der Waals surface area contributed by atoms with Crippen molar-refractivity contribution in [1.29, 1.82) is 0 Å². The Morgan fingerprint density at radius 1 is 1.29 bits per heavy atom. The quantitative estimate of drug-likeness (QED) is 0.887. The number of hydrogen-bond donors (Lipinski definition) is 1. The van der Waals surface area contributed by atoms with Crippen LogP contribution in [0.1, 0.15) is 19.4 Å². The van der Waals surface area contributed by atoms with Gasteiger partial charge in [-0.1, -0.05) is 0 Å². The number of rotatable bonds is 3. The van der Waals surface area contributed by atoms with E-state index in [0.29, 0.717) is 12.1 Å². The van der Waals surface area contributed by atoms with Gasteiger partial charge < -0.3 is 5.32 Å². The second-order valence-corrected chi connectivity index (χ2v) is 5.01. The maximum Gasteiger partial charge on any atom is 0.0536 e. The molecule has 4 nitrogen and oxygen atoms in total. The van der Waals surface area contributed by atoms with Crippen LogP contribution < -0.4 is 5.32 Å². The fourth-order valence-corrected chi connectivity index (χ4v) is 2.46. The minimum absolute atomic E-state index is 0. The first kappa shape index (κ1) is 14.5. The lowest BCUT2D eigenvalue weighted by Gasteiger charge is -2.36. The smallest absolute Gasteiger partial charge is 0.0536 e. The SMILES string of the molecule is Cc1cnn(CCN2CC(C)NC(C)C2)c1.Cl. The van der Waals surface area contributed by atoms with Crippen LogP contribution in [-0.4, -0.2) is 46.4 Å². The second-order valence-electron chi connectivity index (χ2n) is 5.01. The minimum Gasteiger partial charge on any atom is -0.309 e. The molecule has 2 atom stereocenters. The predicted octanol–water partition coefficient (Wildman–Crippen LogP) is 1.30. The summed E-state index contributed by atoms with van der Waals surface area (Å²) in [5, 5.41) is 7.86. The van der Waals surface area contributed by atoms with E-state index in [4.69, 9.17) is 0 Å². The largest absolute Gasteiger partial charge is 0.309 e. The molecule has 1 aliphatic rings. The van der Waals surface area contributed by atoms with Crippen LogP contribution in [0.3, 0.4) is 0 Å². The van der Waals surface area contributed by atoms with Crippen LogP contribution in [-0.2, 0) is 6.54 Å². The highest BCUT2D eigenvalue weighted by molar-refractivity contribution is 5.85. The van der Waals surface area contributed by atoms with E-state index in [1.54, 1.807) is 0 Å². The molecule has 0 spiro atoms. The summed E-state index contributed by atoms with van der Waals surface area (Å²) in [6.45, 7) is 11.0. The molecular weight excluding hydrogens is 236 g/mol. The molecule has 2 rings (SSSR count). The van der Waals surface area contributed by atoms with Crippen LogP contribution in [0.4, 0.5) is 0 Å². The summed E-state index contributed by atoms with van der Waals surface area (Å²) >= 11 is 0.